The number of carbonyl (C=O) groups excluding carboxylic acids is 1. The fourth-order valence-corrected chi connectivity index (χ4v) is 2.06. The zero-order valence-corrected chi connectivity index (χ0v) is 12.8. The maximum atomic E-state index is 12.4. The predicted molar refractivity (Wildman–Crippen MR) is 80.4 cm³/mol. The van der Waals surface area contributed by atoms with Crippen molar-refractivity contribution in [3.63, 3.8) is 0 Å². The molecule has 0 aliphatic heterocycles. The van der Waals surface area contributed by atoms with Gasteiger partial charge in [-0.15, -0.1) is 0 Å². The molecule has 0 unspecified atom stereocenters. The van der Waals surface area contributed by atoms with E-state index in [9.17, 15) is 9.59 Å². The molecule has 1 rings (SSSR count). The number of carbonyl (C=O) groups is 2. The maximum Gasteiger partial charge on any atom is 0.305 e. The van der Waals surface area contributed by atoms with Gasteiger partial charge in [-0.2, -0.15) is 0 Å². The third kappa shape index (κ3) is 6.29. The van der Waals surface area contributed by atoms with E-state index in [1.807, 2.05) is 38.1 Å². The highest BCUT2D eigenvalue weighted by atomic mass is 16.5. The lowest BCUT2D eigenvalue weighted by molar-refractivity contribution is -0.138. The van der Waals surface area contributed by atoms with Crippen molar-refractivity contribution in [1.29, 1.82) is 0 Å². The highest BCUT2D eigenvalue weighted by molar-refractivity contribution is 5.79. The number of amides is 1. The summed E-state index contributed by atoms with van der Waals surface area (Å²) in [5.41, 5.74) is 0.864. The largest absolute Gasteiger partial charge is 0.497 e. The first-order chi connectivity index (χ1) is 9.92. The SMILES string of the molecule is COc1cccc(CC(=O)N(CCC(=O)O)CC(C)C)c1. The third-order valence-corrected chi connectivity index (χ3v) is 3.02. The molecule has 21 heavy (non-hydrogen) atoms. The van der Waals surface area contributed by atoms with Crippen molar-refractivity contribution in [2.75, 3.05) is 20.2 Å². The summed E-state index contributed by atoms with van der Waals surface area (Å²) in [7, 11) is 1.58. The zero-order valence-electron chi connectivity index (χ0n) is 12.8. The molecule has 0 bridgehead atoms. The molecule has 0 atom stereocenters. The molecule has 0 radical (unpaired) electrons. The average molecular weight is 293 g/mol. The number of hydrogen-bond donors (Lipinski definition) is 1. The van der Waals surface area contributed by atoms with Gasteiger partial charge in [-0.3, -0.25) is 9.59 Å². The molecule has 1 aromatic rings. The molecule has 116 valence electrons. The Morgan fingerprint density at radius 2 is 2.05 bits per heavy atom. The minimum atomic E-state index is -0.891. The number of nitrogens with zero attached hydrogens (tertiary/aromatic N) is 1. The van der Waals surface area contributed by atoms with Gasteiger partial charge in [0.15, 0.2) is 0 Å². The first-order valence-corrected chi connectivity index (χ1v) is 7.05. The number of rotatable bonds is 8. The van der Waals surface area contributed by atoms with E-state index < -0.39 is 5.97 Å². The lowest BCUT2D eigenvalue weighted by Gasteiger charge is -2.24. The van der Waals surface area contributed by atoms with E-state index in [0.717, 1.165) is 5.56 Å². The van der Waals surface area contributed by atoms with Crippen molar-refractivity contribution in [2.45, 2.75) is 26.7 Å². The van der Waals surface area contributed by atoms with Crippen LogP contribution in [-0.4, -0.2) is 42.1 Å². The predicted octanol–water partition coefficient (Wildman–Crippen LogP) is 2.20. The molecule has 0 aromatic heterocycles. The van der Waals surface area contributed by atoms with Crippen molar-refractivity contribution in [3.05, 3.63) is 29.8 Å². The smallest absolute Gasteiger partial charge is 0.305 e. The van der Waals surface area contributed by atoms with E-state index in [4.69, 9.17) is 9.84 Å². The molecular weight excluding hydrogens is 270 g/mol. The summed E-state index contributed by atoms with van der Waals surface area (Å²) < 4.78 is 5.14. The van der Waals surface area contributed by atoms with Crippen molar-refractivity contribution in [2.24, 2.45) is 5.92 Å². The standard InChI is InChI=1S/C16H23NO4/c1-12(2)11-17(8-7-16(19)20)15(18)10-13-5-4-6-14(9-13)21-3/h4-6,9,12H,7-8,10-11H2,1-3H3,(H,19,20). The molecule has 0 spiro atoms. The van der Waals surface area contributed by atoms with Gasteiger partial charge in [0, 0.05) is 13.1 Å². The highest BCUT2D eigenvalue weighted by Gasteiger charge is 2.16. The first kappa shape index (κ1) is 17.0. The summed E-state index contributed by atoms with van der Waals surface area (Å²) in [4.78, 5) is 24.7. The highest BCUT2D eigenvalue weighted by Crippen LogP contribution is 2.14. The summed E-state index contributed by atoms with van der Waals surface area (Å²) in [5, 5.41) is 8.78. The molecular formula is C16H23NO4. The van der Waals surface area contributed by atoms with E-state index in [1.165, 1.54) is 0 Å². The van der Waals surface area contributed by atoms with Crippen LogP contribution in [0.15, 0.2) is 24.3 Å². The third-order valence-electron chi connectivity index (χ3n) is 3.02. The summed E-state index contributed by atoms with van der Waals surface area (Å²) in [6.07, 6.45) is 0.222. The van der Waals surface area contributed by atoms with Crippen LogP contribution in [0.4, 0.5) is 0 Å². The number of ether oxygens (including phenoxy) is 1. The second-order valence-corrected chi connectivity index (χ2v) is 5.41. The molecule has 1 aromatic carbocycles. The molecule has 1 N–H and O–H groups in total. The number of carboxylic acids is 1. The molecule has 5 nitrogen and oxygen atoms in total. The monoisotopic (exact) mass is 293 g/mol. The molecule has 0 fully saturated rings. The Morgan fingerprint density at radius 3 is 2.62 bits per heavy atom. The summed E-state index contributed by atoms with van der Waals surface area (Å²) in [5.74, 6) is 0.0606. The summed E-state index contributed by atoms with van der Waals surface area (Å²) in [6, 6.07) is 7.35. The molecule has 5 heteroatoms. The van der Waals surface area contributed by atoms with Gasteiger partial charge in [0.1, 0.15) is 5.75 Å². The normalized spacial score (nSPS) is 10.5. The van der Waals surface area contributed by atoms with Crippen LogP contribution < -0.4 is 4.74 Å². The van der Waals surface area contributed by atoms with Crippen LogP contribution in [0.25, 0.3) is 0 Å². The topological polar surface area (TPSA) is 66.8 Å². The van der Waals surface area contributed by atoms with E-state index in [0.29, 0.717) is 18.2 Å². The molecule has 0 heterocycles. The van der Waals surface area contributed by atoms with Gasteiger partial charge in [-0.25, -0.2) is 0 Å². The van der Waals surface area contributed by atoms with Gasteiger partial charge in [-0.1, -0.05) is 26.0 Å². The Bertz CT molecular complexity index is 485. The van der Waals surface area contributed by atoms with Gasteiger partial charge < -0.3 is 14.7 Å². The van der Waals surface area contributed by atoms with E-state index in [1.54, 1.807) is 12.0 Å². The zero-order chi connectivity index (χ0) is 15.8. The van der Waals surface area contributed by atoms with E-state index >= 15 is 0 Å². The van der Waals surface area contributed by atoms with Gasteiger partial charge in [0.05, 0.1) is 20.0 Å². The van der Waals surface area contributed by atoms with E-state index in [2.05, 4.69) is 0 Å². The molecule has 1 amide bonds. The fourth-order valence-electron chi connectivity index (χ4n) is 2.06. The van der Waals surface area contributed by atoms with Gasteiger partial charge in [-0.05, 0) is 23.6 Å². The Morgan fingerprint density at radius 1 is 1.33 bits per heavy atom. The number of methoxy groups -OCH3 is 1. The van der Waals surface area contributed by atoms with Crippen molar-refractivity contribution < 1.29 is 19.4 Å². The van der Waals surface area contributed by atoms with Crippen LogP contribution in [0, 0.1) is 5.92 Å². The first-order valence-electron chi connectivity index (χ1n) is 7.05. The number of aliphatic carboxylic acids is 1. The molecule has 0 aliphatic rings. The van der Waals surface area contributed by atoms with Crippen LogP contribution in [0.2, 0.25) is 0 Å². The molecule has 0 saturated carbocycles. The van der Waals surface area contributed by atoms with Crippen molar-refractivity contribution >= 4 is 11.9 Å². The second-order valence-electron chi connectivity index (χ2n) is 5.41. The lowest BCUT2D eigenvalue weighted by Crippen LogP contribution is -2.37. The van der Waals surface area contributed by atoms with E-state index in [-0.39, 0.29) is 25.3 Å². The van der Waals surface area contributed by atoms with Crippen LogP contribution in [0.3, 0.4) is 0 Å². The van der Waals surface area contributed by atoms with Crippen LogP contribution in [0.1, 0.15) is 25.8 Å². The lowest BCUT2D eigenvalue weighted by atomic mass is 10.1. The Hall–Kier alpha value is -2.04. The molecule has 0 saturated heterocycles. The fraction of sp³-hybridized carbons (Fsp3) is 0.500. The van der Waals surface area contributed by atoms with Crippen LogP contribution in [0.5, 0.6) is 5.75 Å². The number of carboxylic acid groups (broad SMARTS) is 1. The number of benzene rings is 1. The Balaban J connectivity index is 2.71. The second kappa shape index (κ2) is 8.29. The quantitative estimate of drug-likeness (QED) is 0.798. The Kier molecular flexibility index (Phi) is 6.72. The van der Waals surface area contributed by atoms with Gasteiger partial charge in [0.25, 0.3) is 0 Å². The van der Waals surface area contributed by atoms with Crippen molar-refractivity contribution in [3.8, 4) is 5.75 Å². The Labute approximate surface area is 125 Å². The van der Waals surface area contributed by atoms with Gasteiger partial charge >= 0.3 is 5.97 Å². The summed E-state index contributed by atoms with van der Waals surface area (Å²) in [6.45, 7) is 4.82. The van der Waals surface area contributed by atoms with Crippen LogP contribution >= 0.6 is 0 Å². The maximum absolute atomic E-state index is 12.4. The molecule has 0 aliphatic carbocycles. The average Bonchev–Trinajstić information content (AvgIpc) is 2.43. The minimum Gasteiger partial charge on any atom is -0.497 e. The summed E-state index contributed by atoms with van der Waals surface area (Å²) >= 11 is 0. The van der Waals surface area contributed by atoms with Crippen LogP contribution in [-0.2, 0) is 16.0 Å². The number of hydrogen-bond acceptors (Lipinski definition) is 3. The van der Waals surface area contributed by atoms with Crippen molar-refractivity contribution in [1.82, 2.24) is 4.90 Å². The van der Waals surface area contributed by atoms with Gasteiger partial charge in [0.2, 0.25) is 5.91 Å². The minimum absolute atomic E-state index is 0.0312.